The summed E-state index contributed by atoms with van der Waals surface area (Å²) in [4.78, 5) is 11.7. The van der Waals surface area contributed by atoms with Crippen LogP contribution in [0.4, 0.5) is 0 Å². The maximum Gasteiger partial charge on any atom is 0.220 e. The molecule has 0 radical (unpaired) electrons. The number of carbonyl (C=O) groups is 1. The summed E-state index contributed by atoms with van der Waals surface area (Å²) < 4.78 is 0. The molecule has 3 N–H and O–H groups in total. The number of nitrogens with two attached hydrogens (primary N) is 1. The van der Waals surface area contributed by atoms with E-state index in [0.29, 0.717) is 12.3 Å². The molecule has 0 spiro atoms. The molecule has 0 aromatic heterocycles. The lowest BCUT2D eigenvalue weighted by Crippen LogP contribution is -2.46. The Labute approximate surface area is 99.2 Å². The van der Waals surface area contributed by atoms with Crippen LogP contribution in [0.5, 0.6) is 0 Å². The average Bonchev–Trinajstić information content (AvgIpc) is 2.42. The van der Waals surface area contributed by atoms with Crippen LogP contribution in [0.3, 0.4) is 0 Å². The molecule has 1 aliphatic rings. The second-order valence-corrected chi connectivity index (χ2v) is 5.41. The fourth-order valence-electron chi connectivity index (χ4n) is 2.21. The van der Waals surface area contributed by atoms with E-state index in [0.717, 1.165) is 19.3 Å². The van der Waals surface area contributed by atoms with Crippen molar-refractivity contribution < 1.29 is 4.79 Å². The third-order valence-electron chi connectivity index (χ3n) is 3.36. The van der Waals surface area contributed by atoms with E-state index >= 15 is 0 Å². The van der Waals surface area contributed by atoms with Crippen molar-refractivity contribution in [1.29, 1.82) is 0 Å². The monoisotopic (exact) mass is 226 g/mol. The van der Waals surface area contributed by atoms with Gasteiger partial charge in [-0.1, -0.05) is 33.1 Å². The SMILES string of the molecule is CC(C)CCC(=O)NC1CCCCCC1N. The second-order valence-electron chi connectivity index (χ2n) is 5.41. The number of hydrogen-bond acceptors (Lipinski definition) is 2. The molecule has 2 atom stereocenters. The summed E-state index contributed by atoms with van der Waals surface area (Å²) in [6, 6.07) is 0.368. The van der Waals surface area contributed by atoms with Crippen LogP contribution in [-0.2, 0) is 4.79 Å². The average molecular weight is 226 g/mol. The van der Waals surface area contributed by atoms with E-state index < -0.39 is 0 Å². The molecule has 1 fully saturated rings. The van der Waals surface area contributed by atoms with E-state index in [2.05, 4.69) is 19.2 Å². The van der Waals surface area contributed by atoms with Gasteiger partial charge in [-0.2, -0.15) is 0 Å². The third-order valence-corrected chi connectivity index (χ3v) is 3.36. The first-order chi connectivity index (χ1) is 7.59. The number of carbonyl (C=O) groups excluding carboxylic acids is 1. The molecule has 0 aromatic rings. The molecule has 1 amide bonds. The molecule has 0 heterocycles. The lowest BCUT2D eigenvalue weighted by molar-refractivity contribution is -0.122. The van der Waals surface area contributed by atoms with Crippen molar-refractivity contribution in [3.05, 3.63) is 0 Å². The molecule has 0 aliphatic heterocycles. The van der Waals surface area contributed by atoms with Gasteiger partial charge in [-0.3, -0.25) is 4.79 Å². The Morgan fingerprint density at radius 1 is 1.31 bits per heavy atom. The van der Waals surface area contributed by atoms with Crippen LogP contribution in [0.25, 0.3) is 0 Å². The Morgan fingerprint density at radius 2 is 2.00 bits per heavy atom. The van der Waals surface area contributed by atoms with E-state index in [4.69, 9.17) is 5.73 Å². The van der Waals surface area contributed by atoms with Gasteiger partial charge in [0.1, 0.15) is 0 Å². The topological polar surface area (TPSA) is 55.1 Å². The molecule has 3 nitrogen and oxygen atoms in total. The van der Waals surface area contributed by atoms with Gasteiger partial charge in [0.25, 0.3) is 0 Å². The summed E-state index contributed by atoms with van der Waals surface area (Å²) in [6.45, 7) is 4.29. The van der Waals surface area contributed by atoms with Gasteiger partial charge in [0, 0.05) is 18.5 Å². The van der Waals surface area contributed by atoms with Crippen LogP contribution in [0.15, 0.2) is 0 Å². The molecule has 0 bridgehead atoms. The first-order valence-corrected chi connectivity index (χ1v) is 6.64. The predicted molar refractivity (Wildman–Crippen MR) is 67.1 cm³/mol. The molecule has 1 saturated carbocycles. The number of hydrogen-bond donors (Lipinski definition) is 2. The Balaban J connectivity index is 2.30. The summed E-state index contributed by atoms with van der Waals surface area (Å²) >= 11 is 0. The van der Waals surface area contributed by atoms with E-state index in [-0.39, 0.29) is 18.0 Å². The summed E-state index contributed by atoms with van der Waals surface area (Å²) in [7, 11) is 0. The summed E-state index contributed by atoms with van der Waals surface area (Å²) in [5.41, 5.74) is 6.07. The fourth-order valence-corrected chi connectivity index (χ4v) is 2.21. The van der Waals surface area contributed by atoms with Crippen molar-refractivity contribution >= 4 is 5.91 Å². The van der Waals surface area contributed by atoms with Crippen molar-refractivity contribution in [2.45, 2.75) is 70.9 Å². The van der Waals surface area contributed by atoms with Gasteiger partial charge in [-0.05, 0) is 25.2 Å². The van der Waals surface area contributed by atoms with Gasteiger partial charge in [-0.15, -0.1) is 0 Å². The molecule has 16 heavy (non-hydrogen) atoms. The Hall–Kier alpha value is -0.570. The predicted octanol–water partition coefficient (Wildman–Crippen LogP) is 2.20. The number of rotatable bonds is 4. The van der Waals surface area contributed by atoms with Gasteiger partial charge in [0.2, 0.25) is 5.91 Å². The lowest BCUT2D eigenvalue weighted by atomic mass is 10.0. The molecule has 94 valence electrons. The van der Waals surface area contributed by atoms with E-state index in [1.54, 1.807) is 0 Å². The first-order valence-electron chi connectivity index (χ1n) is 6.64. The van der Waals surface area contributed by atoms with Gasteiger partial charge < -0.3 is 11.1 Å². The van der Waals surface area contributed by atoms with Crippen LogP contribution in [0, 0.1) is 5.92 Å². The maximum absolute atomic E-state index is 11.7. The zero-order valence-corrected chi connectivity index (χ0v) is 10.7. The van der Waals surface area contributed by atoms with Crippen LogP contribution < -0.4 is 11.1 Å². The van der Waals surface area contributed by atoms with Crippen molar-refractivity contribution in [2.75, 3.05) is 0 Å². The minimum absolute atomic E-state index is 0.158. The molecular weight excluding hydrogens is 200 g/mol. The van der Waals surface area contributed by atoms with Crippen LogP contribution in [0.2, 0.25) is 0 Å². The van der Waals surface area contributed by atoms with Crippen molar-refractivity contribution in [3.63, 3.8) is 0 Å². The minimum atomic E-state index is 0.158. The highest BCUT2D eigenvalue weighted by Gasteiger charge is 2.21. The largest absolute Gasteiger partial charge is 0.352 e. The van der Waals surface area contributed by atoms with E-state index in [9.17, 15) is 4.79 Å². The molecule has 1 aliphatic carbocycles. The van der Waals surface area contributed by atoms with Crippen molar-refractivity contribution in [1.82, 2.24) is 5.32 Å². The Bertz CT molecular complexity index is 216. The highest BCUT2D eigenvalue weighted by Crippen LogP contribution is 2.17. The third kappa shape index (κ3) is 4.97. The zero-order chi connectivity index (χ0) is 12.0. The van der Waals surface area contributed by atoms with Crippen LogP contribution in [-0.4, -0.2) is 18.0 Å². The summed E-state index contributed by atoms with van der Waals surface area (Å²) in [5.74, 6) is 0.768. The zero-order valence-electron chi connectivity index (χ0n) is 10.7. The summed E-state index contributed by atoms with van der Waals surface area (Å²) in [5, 5.41) is 3.10. The number of amides is 1. The van der Waals surface area contributed by atoms with Gasteiger partial charge >= 0.3 is 0 Å². The molecule has 0 saturated heterocycles. The molecular formula is C13H26N2O. The molecule has 2 unspecified atom stereocenters. The maximum atomic E-state index is 11.7. The van der Waals surface area contributed by atoms with Crippen LogP contribution >= 0.6 is 0 Å². The second kappa shape index (κ2) is 6.89. The lowest BCUT2D eigenvalue weighted by Gasteiger charge is -2.22. The molecule has 3 heteroatoms. The van der Waals surface area contributed by atoms with Crippen LogP contribution in [0.1, 0.15) is 58.8 Å². The van der Waals surface area contributed by atoms with E-state index in [1.165, 1.54) is 19.3 Å². The number of nitrogens with one attached hydrogen (secondary N) is 1. The normalized spacial score (nSPS) is 26.5. The van der Waals surface area contributed by atoms with Gasteiger partial charge in [0.05, 0.1) is 0 Å². The van der Waals surface area contributed by atoms with E-state index in [1.807, 2.05) is 0 Å². The quantitative estimate of drug-likeness (QED) is 0.722. The fraction of sp³-hybridized carbons (Fsp3) is 0.923. The Morgan fingerprint density at radius 3 is 2.69 bits per heavy atom. The van der Waals surface area contributed by atoms with Crippen molar-refractivity contribution in [2.24, 2.45) is 11.7 Å². The summed E-state index contributed by atoms with van der Waals surface area (Å²) in [6.07, 6.45) is 7.37. The van der Waals surface area contributed by atoms with Crippen molar-refractivity contribution in [3.8, 4) is 0 Å². The molecule has 1 rings (SSSR count). The van der Waals surface area contributed by atoms with Gasteiger partial charge in [-0.25, -0.2) is 0 Å². The smallest absolute Gasteiger partial charge is 0.220 e. The first kappa shape index (κ1) is 13.5. The standard InChI is InChI=1S/C13H26N2O/c1-10(2)8-9-13(16)15-12-7-5-3-4-6-11(12)14/h10-12H,3-9,14H2,1-2H3,(H,15,16). The highest BCUT2D eigenvalue weighted by atomic mass is 16.1. The highest BCUT2D eigenvalue weighted by molar-refractivity contribution is 5.76. The van der Waals surface area contributed by atoms with Gasteiger partial charge in [0.15, 0.2) is 0 Å². The Kier molecular flexibility index (Phi) is 5.81. The molecule has 0 aromatic carbocycles. The minimum Gasteiger partial charge on any atom is -0.352 e.